The molecule has 0 atom stereocenters. The van der Waals surface area contributed by atoms with Gasteiger partial charge < -0.3 is 5.32 Å². The van der Waals surface area contributed by atoms with Crippen LogP contribution in [0.15, 0.2) is 11.6 Å². The minimum atomic E-state index is 0.134. The summed E-state index contributed by atoms with van der Waals surface area (Å²) in [7, 11) is 0. The van der Waals surface area contributed by atoms with Gasteiger partial charge in [-0.3, -0.25) is 4.79 Å². The van der Waals surface area contributed by atoms with E-state index in [2.05, 4.69) is 5.32 Å². The number of carbonyl (C=O) groups is 1. The fraction of sp³-hybridized carbons (Fsp3) is 0.750. The van der Waals surface area contributed by atoms with Gasteiger partial charge in [-0.25, -0.2) is 0 Å². The van der Waals surface area contributed by atoms with Crippen molar-refractivity contribution >= 4 is 5.91 Å². The quantitative estimate of drug-likeness (QED) is 0.670. The number of hydrogen-bond acceptors (Lipinski definition) is 1. The molecule has 0 aromatic rings. The molecule has 14 heavy (non-hydrogen) atoms. The van der Waals surface area contributed by atoms with Crippen LogP contribution in [0.25, 0.3) is 0 Å². The highest BCUT2D eigenvalue weighted by Crippen LogP contribution is 2.47. The third-order valence-electron chi connectivity index (χ3n) is 3.91. The minimum absolute atomic E-state index is 0.134. The van der Waals surface area contributed by atoms with Gasteiger partial charge in [0.25, 0.3) is 0 Å². The van der Waals surface area contributed by atoms with Crippen LogP contribution in [-0.2, 0) is 4.79 Å². The number of hydrogen-bond donors (Lipinski definition) is 1. The highest BCUT2D eigenvalue weighted by Gasteiger charge is 2.45. The number of fused-ring (bicyclic) bond motifs is 2. The van der Waals surface area contributed by atoms with Gasteiger partial charge in [0.05, 0.1) is 0 Å². The molecule has 0 unspecified atom stereocenters. The molecule has 78 valence electrons. The number of carbonyl (C=O) groups excluding carboxylic acids is 1. The van der Waals surface area contributed by atoms with Crippen LogP contribution >= 0.6 is 0 Å². The maximum absolute atomic E-state index is 11.7. The molecule has 0 aromatic carbocycles. The van der Waals surface area contributed by atoms with Crippen LogP contribution < -0.4 is 5.32 Å². The van der Waals surface area contributed by atoms with Crippen LogP contribution in [0.3, 0.4) is 0 Å². The standard InChI is InChI=1S/C12H19NO/c1-3-9(2)11(14)13-12-6-4-10(8-12)5-7-12/h3,10H,4-8H2,1-2H3,(H,13,14). The lowest BCUT2D eigenvalue weighted by molar-refractivity contribution is -0.119. The molecule has 2 aliphatic carbocycles. The highest BCUT2D eigenvalue weighted by molar-refractivity contribution is 5.93. The third kappa shape index (κ3) is 1.58. The summed E-state index contributed by atoms with van der Waals surface area (Å²) < 4.78 is 0. The van der Waals surface area contributed by atoms with Gasteiger partial charge in [-0.15, -0.1) is 0 Å². The first-order valence-corrected chi connectivity index (χ1v) is 5.61. The van der Waals surface area contributed by atoms with E-state index in [1.54, 1.807) is 0 Å². The van der Waals surface area contributed by atoms with E-state index in [-0.39, 0.29) is 11.4 Å². The van der Waals surface area contributed by atoms with Crippen molar-refractivity contribution in [2.24, 2.45) is 5.92 Å². The lowest BCUT2D eigenvalue weighted by atomic mass is 9.93. The van der Waals surface area contributed by atoms with Crippen molar-refractivity contribution in [3.8, 4) is 0 Å². The van der Waals surface area contributed by atoms with E-state index in [1.165, 1.54) is 32.1 Å². The maximum Gasteiger partial charge on any atom is 0.247 e. The molecular formula is C12H19NO. The van der Waals surface area contributed by atoms with Crippen molar-refractivity contribution in [2.45, 2.75) is 51.5 Å². The average molecular weight is 193 g/mol. The molecule has 1 N–H and O–H groups in total. The van der Waals surface area contributed by atoms with E-state index in [9.17, 15) is 4.79 Å². The van der Waals surface area contributed by atoms with Crippen molar-refractivity contribution in [1.29, 1.82) is 0 Å². The molecule has 2 heteroatoms. The second kappa shape index (κ2) is 3.41. The maximum atomic E-state index is 11.7. The van der Waals surface area contributed by atoms with E-state index in [1.807, 2.05) is 19.9 Å². The normalized spacial score (nSPS) is 36.1. The van der Waals surface area contributed by atoms with Crippen LogP contribution in [0, 0.1) is 5.92 Å². The van der Waals surface area contributed by atoms with E-state index in [0.717, 1.165) is 11.5 Å². The summed E-state index contributed by atoms with van der Waals surface area (Å²) in [6.07, 6.45) is 8.12. The Bertz CT molecular complexity index is 272. The Balaban J connectivity index is 2.00. The first kappa shape index (κ1) is 9.75. The lowest BCUT2D eigenvalue weighted by Crippen LogP contribution is -2.45. The Morgan fingerprint density at radius 3 is 2.50 bits per heavy atom. The molecule has 1 amide bonds. The molecule has 2 saturated carbocycles. The van der Waals surface area contributed by atoms with Crippen LogP contribution in [0.2, 0.25) is 0 Å². The molecule has 0 spiro atoms. The fourth-order valence-corrected chi connectivity index (χ4v) is 2.84. The molecule has 2 aliphatic rings. The van der Waals surface area contributed by atoms with Crippen molar-refractivity contribution in [3.63, 3.8) is 0 Å². The summed E-state index contributed by atoms with van der Waals surface area (Å²) in [4.78, 5) is 11.7. The lowest BCUT2D eigenvalue weighted by Gasteiger charge is -2.28. The zero-order valence-electron chi connectivity index (χ0n) is 9.10. The summed E-state index contributed by atoms with van der Waals surface area (Å²) in [5.74, 6) is 1.02. The van der Waals surface area contributed by atoms with Gasteiger partial charge in [0.15, 0.2) is 0 Å². The Kier molecular flexibility index (Phi) is 2.38. The van der Waals surface area contributed by atoms with Gasteiger partial charge in [-0.05, 0) is 51.9 Å². The van der Waals surface area contributed by atoms with Crippen LogP contribution in [0.1, 0.15) is 46.0 Å². The van der Waals surface area contributed by atoms with Crippen molar-refractivity contribution in [1.82, 2.24) is 5.32 Å². The summed E-state index contributed by atoms with van der Waals surface area (Å²) in [5, 5.41) is 3.23. The predicted molar refractivity (Wildman–Crippen MR) is 56.9 cm³/mol. The molecule has 2 bridgehead atoms. The predicted octanol–water partition coefficient (Wildman–Crippen LogP) is 2.40. The largest absolute Gasteiger partial charge is 0.347 e. The molecular weight excluding hydrogens is 174 g/mol. The zero-order chi connectivity index (χ0) is 10.2. The smallest absolute Gasteiger partial charge is 0.247 e. The van der Waals surface area contributed by atoms with Crippen molar-refractivity contribution in [2.75, 3.05) is 0 Å². The fourth-order valence-electron chi connectivity index (χ4n) is 2.84. The first-order chi connectivity index (χ1) is 6.65. The van der Waals surface area contributed by atoms with Gasteiger partial charge in [0.1, 0.15) is 0 Å². The van der Waals surface area contributed by atoms with E-state index in [0.29, 0.717) is 0 Å². The summed E-state index contributed by atoms with van der Waals surface area (Å²) >= 11 is 0. The second-order valence-corrected chi connectivity index (χ2v) is 4.85. The molecule has 2 nitrogen and oxygen atoms in total. The first-order valence-electron chi connectivity index (χ1n) is 5.61. The zero-order valence-corrected chi connectivity index (χ0v) is 9.10. The monoisotopic (exact) mass is 193 g/mol. The van der Waals surface area contributed by atoms with Gasteiger partial charge in [-0.1, -0.05) is 6.08 Å². The molecule has 0 radical (unpaired) electrons. The van der Waals surface area contributed by atoms with Crippen LogP contribution in [0.4, 0.5) is 0 Å². The Morgan fingerprint density at radius 2 is 2.07 bits per heavy atom. The summed E-state index contributed by atoms with van der Waals surface area (Å²) in [6.45, 7) is 3.80. The van der Waals surface area contributed by atoms with Crippen molar-refractivity contribution in [3.05, 3.63) is 11.6 Å². The molecule has 0 aliphatic heterocycles. The Morgan fingerprint density at radius 1 is 1.43 bits per heavy atom. The molecule has 0 heterocycles. The number of allylic oxidation sites excluding steroid dienone is 1. The molecule has 2 fully saturated rings. The summed E-state index contributed by atoms with van der Waals surface area (Å²) in [5.41, 5.74) is 1.01. The molecule has 2 rings (SSSR count). The molecule has 0 saturated heterocycles. The van der Waals surface area contributed by atoms with Gasteiger partial charge >= 0.3 is 0 Å². The third-order valence-corrected chi connectivity index (χ3v) is 3.91. The van der Waals surface area contributed by atoms with E-state index < -0.39 is 0 Å². The van der Waals surface area contributed by atoms with Crippen LogP contribution in [-0.4, -0.2) is 11.4 Å². The van der Waals surface area contributed by atoms with Crippen molar-refractivity contribution < 1.29 is 4.79 Å². The topological polar surface area (TPSA) is 29.1 Å². The van der Waals surface area contributed by atoms with E-state index in [4.69, 9.17) is 0 Å². The second-order valence-electron chi connectivity index (χ2n) is 4.85. The number of amides is 1. The number of nitrogens with one attached hydrogen (secondary N) is 1. The van der Waals surface area contributed by atoms with Gasteiger partial charge in [0.2, 0.25) is 5.91 Å². The SMILES string of the molecule is CC=C(C)C(=O)NC12CCC(CC1)C2. The minimum Gasteiger partial charge on any atom is -0.347 e. The van der Waals surface area contributed by atoms with Crippen LogP contribution in [0.5, 0.6) is 0 Å². The van der Waals surface area contributed by atoms with E-state index >= 15 is 0 Å². The Hall–Kier alpha value is -0.790. The van der Waals surface area contributed by atoms with Gasteiger partial charge in [0, 0.05) is 11.1 Å². The highest BCUT2D eigenvalue weighted by atomic mass is 16.1. The Labute approximate surface area is 85.8 Å². The summed E-state index contributed by atoms with van der Waals surface area (Å²) in [6, 6.07) is 0. The number of rotatable bonds is 2. The molecule has 0 aromatic heterocycles. The van der Waals surface area contributed by atoms with Gasteiger partial charge in [-0.2, -0.15) is 0 Å². The average Bonchev–Trinajstić information content (AvgIpc) is 2.75.